The second-order valence-electron chi connectivity index (χ2n) is 7.53. The van der Waals surface area contributed by atoms with Crippen molar-refractivity contribution in [3.05, 3.63) is 119 Å². The van der Waals surface area contributed by atoms with Crippen molar-refractivity contribution in [2.75, 3.05) is 5.32 Å². The summed E-state index contributed by atoms with van der Waals surface area (Å²) in [5.41, 5.74) is 1.91. The van der Waals surface area contributed by atoms with Crippen molar-refractivity contribution in [2.45, 2.75) is 4.90 Å². The number of nitrogens with one attached hydrogen (secondary N) is 1. The molecule has 1 aliphatic carbocycles. The quantitative estimate of drug-likeness (QED) is 0.403. The van der Waals surface area contributed by atoms with E-state index >= 15 is 0 Å². The van der Waals surface area contributed by atoms with Crippen molar-refractivity contribution in [2.24, 2.45) is 4.40 Å². The number of benzene rings is 4. The Labute approximate surface area is 196 Å². The number of carbonyl (C=O) groups excluding carboxylic acids is 1. The number of hydrogen-bond donors (Lipinski definition) is 1. The summed E-state index contributed by atoms with van der Waals surface area (Å²) in [4.78, 5) is 13.1. The van der Waals surface area contributed by atoms with Crippen LogP contribution < -0.4 is 5.32 Å². The van der Waals surface area contributed by atoms with Crippen LogP contribution in [-0.2, 0) is 10.0 Å². The second kappa shape index (κ2) is 8.31. The Balaban J connectivity index is 1.60. The molecule has 4 aromatic carbocycles. The minimum Gasteiger partial charge on any atom is -0.352 e. The van der Waals surface area contributed by atoms with Crippen LogP contribution in [0.4, 0.5) is 5.69 Å². The highest BCUT2D eigenvalue weighted by molar-refractivity contribution is 7.90. The van der Waals surface area contributed by atoms with Gasteiger partial charge in [-0.25, -0.2) is 0 Å². The minimum atomic E-state index is -4.03. The largest absolute Gasteiger partial charge is 0.352 e. The van der Waals surface area contributed by atoms with Gasteiger partial charge in [0.1, 0.15) is 0 Å². The lowest BCUT2D eigenvalue weighted by Crippen LogP contribution is -2.22. The zero-order valence-corrected chi connectivity index (χ0v) is 18.8. The van der Waals surface area contributed by atoms with Crippen molar-refractivity contribution < 1.29 is 13.2 Å². The van der Waals surface area contributed by atoms with E-state index in [1.54, 1.807) is 60.7 Å². The molecule has 5 nitrogen and oxygen atoms in total. The fourth-order valence-electron chi connectivity index (χ4n) is 3.70. The van der Waals surface area contributed by atoms with Crippen LogP contribution >= 0.6 is 11.6 Å². The second-order valence-corrected chi connectivity index (χ2v) is 9.57. The van der Waals surface area contributed by atoms with Gasteiger partial charge in [-0.1, -0.05) is 66.2 Å². The highest BCUT2D eigenvalue weighted by Crippen LogP contribution is 2.26. The summed E-state index contributed by atoms with van der Waals surface area (Å²) in [5, 5.41) is 5.37. The Morgan fingerprint density at radius 1 is 0.758 bits per heavy atom. The van der Waals surface area contributed by atoms with E-state index in [2.05, 4.69) is 9.71 Å². The topological polar surface area (TPSA) is 75.6 Å². The molecule has 0 amide bonds. The molecule has 162 valence electrons. The Kier molecular flexibility index (Phi) is 5.32. The van der Waals surface area contributed by atoms with Crippen molar-refractivity contribution in [1.82, 2.24) is 0 Å². The van der Waals surface area contributed by atoms with Crippen molar-refractivity contribution in [3.8, 4) is 0 Å². The molecular formula is C26H17ClN2O3S. The molecule has 5 rings (SSSR count). The molecule has 0 radical (unpaired) electrons. The molecule has 4 aromatic rings. The number of allylic oxidation sites excluding steroid dienone is 2. The molecule has 0 saturated heterocycles. The van der Waals surface area contributed by atoms with Crippen molar-refractivity contribution in [1.29, 1.82) is 0 Å². The van der Waals surface area contributed by atoms with Gasteiger partial charge < -0.3 is 5.32 Å². The maximum atomic E-state index is 13.2. The number of sulfonamides is 1. The molecule has 0 bridgehead atoms. The Hall–Kier alpha value is -3.74. The first-order valence-corrected chi connectivity index (χ1v) is 11.9. The summed E-state index contributed by atoms with van der Waals surface area (Å²) < 4.78 is 30.5. The van der Waals surface area contributed by atoms with E-state index in [1.165, 1.54) is 12.1 Å². The molecule has 0 fully saturated rings. The van der Waals surface area contributed by atoms with Gasteiger partial charge in [0, 0.05) is 21.8 Å². The van der Waals surface area contributed by atoms with E-state index in [4.69, 9.17) is 11.6 Å². The Morgan fingerprint density at radius 2 is 1.42 bits per heavy atom. The molecule has 7 heteroatoms. The standard InChI is InChI=1S/C26H17ClN2O3S/c27-19-10-12-20(13-11-19)28-25-16-24(22-7-3-4-8-23(22)26(25)30)29-33(31,32)21-14-9-17-5-1-2-6-18(17)15-21/h1-16,28H/b29-24+. The highest BCUT2D eigenvalue weighted by atomic mass is 35.5. The van der Waals surface area contributed by atoms with Crippen molar-refractivity contribution in [3.63, 3.8) is 0 Å². The lowest BCUT2D eigenvalue weighted by Gasteiger charge is -2.18. The third kappa shape index (κ3) is 4.18. The fraction of sp³-hybridized carbons (Fsp3) is 0. The zero-order chi connectivity index (χ0) is 23.0. The summed E-state index contributed by atoms with van der Waals surface area (Å²) in [6.45, 7) is 0. The van der Waals surface area contributed by atoms with Gasteiger partial charge in [-0.15, -0.1) is 0 Å². The molecule has 0 spiro atoms. The molecule has 33 heavy (non-hydrogen) atoms. The number of carbonyl (C=O) groups is 1. The predicted octanol–water partition coefficient (Wildman–Crippen LogP) is 5.86. The van der Waals surface area contributed by atoms with Crippen molar-refractivity contribution >= 4 is 49.6 Å². The zero-order valence-electron chi connectivity index (χ0n) is 17.2. The van der Waals surface area contributed by atoms with Gasteiger partial charge in [-0.3, -0.25) is 4.79 Å². The maximum Gasteiger partial charge on any atom is 0.282 e. The van der Waals surface area contributed by atoms with Gasteiger partial charge in [0.2, 0.25) is 5.78 Å². The van der Waals surface area contributed by atoms with E-state index < -0.39 is 10.0 Å². The van der Waals surface area contributed by atoms with Gasteiger partial charge >= 0.3 is 0 Å². The third-order valence-corrected chi connectivity index (χ3v) is 6.87. The van der Waals surface area contributed by atoms with Crippen LogP contribution in [0, 0.1) is 0 Å². The molecule has 0 heterocycles. The minimum absolute atomic E-state index is 0.0868. The van der Waals surface area contributed by atoms with Crippen LogP contribution in [0.5, 0.6) is 0 Å². The van der Waals surface area contributed by atoms with Crippen LogP contribution in [-0.4, -0.2) is 19.9 Å². The van der Waals surface area contributed by atoms with Crippen LogP contribution in [0.2, 0.25) is 5.02 Å². The number of nitrogens with zero attached hydrogens (tertiary/aromatic N) is 1. The Bertz CT molecular complexity index is 1570. The number of ketones is 1. The number of rotatable bonds is 4. The van der Waals surface area contributed by atoms with Gasteiger partial charge in [0.05, 0.1) is 16.3 Å². The van der Waals surface area contributed by atoms with E-state index in [1.807, 2.05) is 24.3 Å². The average Bonchev–Trinajstić information content (AvgIpc) is 2.83. The average molecular weight is 473 g/mol. The van der Waals surface area contributed by atoms with Gasteiger partial charge in [0.15, 0.2) is 0 Å². The first-order chi connectivity index (χ1) is 15.9. The fourth-order valence-corrected chi connectivity index (χ4v) is 4.85. The lowest BCUT2D eigenvalue weighted by atomic mass is 9.92. The molecular weight excluding hydrogens is 456 g/mol. The lowest BCUT2D eigenvalue weighted by molar-refractivity contribution is 0.103. The first-order valence-electron chi connectivity index (χ1n) is 10.1. The number of fused-ring (bicyclic) bond motifs is 2. The van der Waals surface area contributed by atoms with Crippen LogP contribution in [0.25, 0.3) is 10.8 Å². The Morgan fingerprint density at radius 3 is 2.18 bits per heavy atom. The van der Waals surface area contributed by atoms with E-state index in [-0.39, 0.29) is 22.1 Å². The molecule has 1 N–H and O–H groups in total. The third-order valence-electron chi connectivity index (χ3n) is 5.33. The number of anilines is 1. The van der Waals surface area contributed by atoms with Crippen LogP contribution in [0.1, 0.15) is 15.9 Å². The molecule has 0 aliphatic heterocycles. The number of hydrogen-bond acceptors (Lipinski definition) is 4. The van der Waals surface area contributed by atoms with Crippen LogP contribution in [0.3, 0.4) is 0 Å². The molecule has 1 aliphatic rings. The molecule has 0 saturated carbocycles. The predicted molar refractivity (Wildman–Crippen MR) is 132 cm³/mol. The summed E-state index contributed by atoms with van der Waals surface area (Å²) in [6.07, 6.45) is 1.47. The van der Waals surface area contributed by atoms with Gasteiger partial charge in [0.25, 0.3) is 10.0 Å². The molecule has 0 aromatic heterocycles. The van der Waals surface area contributed by atoms with E-state index in [0.717, 1.165) is 10.8 Å². The summed E-state index contributed by atoms with van der Waals surface area (Å²) >= 11 is 5.95. The van der Waals surface area contributed by atoms with Gasteiger partial charge in [-0.05, 0) is 53.2 Å². The SMILES string of the molecule is O=C1C(Nc2ccc(Cl)cc2)=C/C(=N\S(=O)(=O)c2ccc3ccccc3c2)c2ccccc21. The van der Waals surface area contributed by atoms with E-state index in [9.17, 15) is 13.2 Å². The monoisotopic (exact) mass is 472 g/mol. The summed E-state index contributed by atoms with van der Waals surface area (Å²) in [7, 11) is -4.03. The molecule has 0 unspecified atom stereocenters. The summed E-state index contributed by atoms with van der Waals surface area (Å²) in [5.74, 6) is -0.248. The highest BCUT2D eigenvalue weighted by Gasteiger charge is 2.26. The van der Waals surface area contributed by atoms with Gasteiger partial charge in [-0.2, -0.15) is 12.8 Å². The maximum absolute atomic E-state index is 13.2. The summed E-state index contributed by atoms with van der Waals surface area (Å²) in [6, 6.07) is 26.1. The number of halogens is 1. The number of Topliss-reactive ketones (excluding diaryl/α,β-unsaturated/α-hetero) is 1. The van der Waals surface area contributed by atoms with E-state index in [0.29, 0.717) is 21.8 Å². The first kappa shape index (κ1) is 21.1. The molecule has 0 atom stereocenters. The normalized spacial score (nSPS) is 14.8. The smallest absolute Gasteiger partial charge is 0.282 e. The van der Waals surface area contributed by atoms with Crippen LogP contribution in [0.15, 0.2) is 112 Å².